The molecule has 0 saturated heterocycles. The fourth-order valence-electron chi connectivity index (χ4n) is 1.85. The van der Waals surface area contributed by atoms with Crippen molar-refractivity contribution >= 4 is 0 Å². The SMILES string of the molecule is C[N-]C1CCc2cc(O)ccc21.[CH3-].[Y]. The van der Waals surface area contributed by atoms with Gasteiger partial charge in [-0.25, -0.2) is 0 Å². The van der Waals surface area contributed by atoms with Crippen LogP contribution >= 0.6 is 0 Å². The van der Waals surface area contributed by atoms with Crippen molar-refractivity contribution in [1.29, 1.82) is 0 Å². The smallest absolute Gasteiger partial charge is 0.115 e. The van der Waals surface area contributed by atoms with Gasteiger partial charge in [0.2, 0.25) is 0 Å². The average Bonchev–Trinajstić information content (AvgIpc) is 2.46. The van der Waals surface area contributed by atoms with Gasteiger partial charge in [0.1, 0.15) is 5.75 Å². The van der Waals surface area contributed by atoms with Gasteiger partial charge >= 0.3 is 0 Å². The fourth-order valence-corrected chi connectivity index (χ4v) is 1.85. The van der Waals surface area contributed by atoms with Crippen LogP contribution in [-0.2, 0) is 39.1 Å². The molecule has 0 heterocycles. The van der Waals surface area contributed by atoms with E-state index >= 15 is 0 Å². The van der Waals surface area contributed by atoms with E-state index in [-0.39, 0.29) is 40.1 Å². The van der Waals surface area contributed by atoms with Crippen LogP contribution in [0.4, 0.5) is 0 Å². The van der Waals surface area contributed by atoms with E-state index < -0.39 is 0 Å². The van der Waals surface area contributed by atoms with E-state index in [0.717, 1.165) is 12.8 Å². The van der Waals surface area contributed by atoms with Gasteiger partial charge in [0.25, 0.3) is 0 Å². The summed E-state index contributed by atoms with van der Waals surface area (Å²) in [5, 5.41) is 13.5. The summed E-state index contributed by atoms with van der Waals surface area (Å²) in [5.74, 6) is 0.366. The zero-order chi connectivity index (χ0) is 8.55. The van der Waals surface area contributed by atoms with Crippen molar-refractivity contribution in [3.63, 3.8) is 0 Å². The third kappa shape index (κ3) is 2.56. The monoisotopic (exact) mass is 266 g/mol. The molecule has 2 nitrogen and oxygen atoms in total. The number of hydrogen-bond acceptors (Lipinski definition) is 1. The molecular weight excluding hydrogens is 251 g/mol. The maximum absolute atomic E-state index is 9.22. The Morgan fingerprint density at radius 1 is 1.43 bits per heavy atom. The number of nitrogens with zero attached hydrogens (tertiary/aromatic N) is 1. The number of benzene rings is 1. The predicted octanol–water partition coefficient (Wildman–Crippen LogP) is 2.83. The molecule has 1 atom stereocenters. The first kappa shape index (κ1) is 14.1. The predicted molar refractivity (Wildman–Crippen MR) is 54.9 cm³/mol. The molecule has 1 aliphatic rings. The first-order valence-corrected chi connectivity index (χ1v) is 4.22. The fraction of sp³-hybridized carbons (Fsp3) is 0.364. The van der Waals surface area contributed by atoms with Gasteiger partial charge in [-0.05, 0) is 24.1 Å². The Morgan fingerprint density at radius 3 is 2.79 bits per heavy atom. The van der Waals surface area contributed by atoms with Crippen molar-refractivity contribution in [2.75, 3.05) is 7.05 Å². The Balaban J connectivity index is 0.000000845. The minimum atomic E-state index is 0. The molecule has 0 saturated carbocycles. The molecule has 75 valence electrons. The largest absolute Gasteiger partial charge is 0.658 e. The molecule has 3 heteroatoms. The number of phenolic OH excluding ortho intramolecular Hbond substituents is 1. The molecule has 1 radical (unpaired) electrons. The Bertz CT molecular complexity index is 301. The number of aryl methyl sites for hydroxylation is 1. The molecule has 0 spiro atoms. The molecule has 14 heavy (non-hydrogen) atoms. The maximum Gasteiger partial charge on any atom is 0.115 e. The van der Waals surface area contributed by atoms with Gasteiger partial charge in [-0.1, -0.05) is 18.1 Å². The van der Waals surface area contributed by atoms with Gasteiger partial charge in [-0.3, -0.25) is 0 Å². The number of hydrogen-bond donors (Lipinski definition) is 1. The molecule has 0 amide bonds. The summed E-state index contributed by atoms with van der Waals surface area (Å²) in [6.45, 7) is 0. The molecule has 1 aliphatic carbocycles. The van der Waals surface area contributed by atoms with Gasteiger partial charge in [0.05, 0.1) is 0 Å². The molecule has 1 unspecified atom stereocenters. The van der Waals surface area contributed by atoms with Crippen molar-refractivity contribution in [1.82, 2.24) is 0 Å². The van der Waals surface area contributed by atoms with Crippen LogP contribution in [0.3, 0.4) is 0 Å². The third-order valence-electron chi connectivity index (χ3n) is 2.48. The summed E-state index contributed by atoms with van der Waals surface area (Å²) in [4.78, 5) is 0. The van der Waals surface area contributed by atoms with E-state index in [1.807, 2.05) is 19.2 Å². The van der Waals surface area contributed by atoms with Crippen LogP contribution in [-0.4, -0.2) is 12.2 Å². The number of aromatic hydroxyl groups is 1. The van der Waals surface area contributed by atoms with Gasteiger partial charge in [-0.2, -0.15) is 7.05 Å². The van der Waals surface area contributed by atoms with Crippen LogP contribution in [0.1, 0.15) is 23.6 Å². The van der Waals surface area contributed by atoms with E-state index in [1.54, 1.807) is 6.07 Å². The van der Waals surface area contributed by atoms with Gasteiger partial charge in [0, 0.05) is 32.7 Å². The summed E-state index contributed by atoms with van der Waals surface area (Å²) in [6.07, 6.45) is 2.14. The first-order valence-electron chi connectivity index (χ1n) is 4.22. The van der Waals surface area contributed by atoms with Gasteiger partial charge in [0.15, 0.2) is 0 Å². The average molecular weight is 266 g/mol. The van der Waals surface area contributed by atoms with E-state index in [9.17, 15) is 5.11 Å². The molecule has 0 aliphatic heterocycles. The molecule has 2 rings (SSSR count). The summed E-state index contributed by atoms with van der Waals surface area (Å²) < 4.78 is 0. The quantitative estimate of drug-likeness (QED) is 0.779. The maximum atomic E-state index is 9.22. The van der Waals surface area contributed by atoms with Crippen LogP contribution in [0.5, 0.6) is 5.75 Å². The second kappa shape index (κ2) is 5.84. The van der Waals surface area contributed by atoms with E-state index in [2.05, 4.69) is 5.32 Å². The molecule has 1 N–H and O–H groups in total. The Hall–Kier alpha value is 0.0839. The number of rotatable bonds is 1. The molecular formula is C11H15NOY-2. The van der Waals surface area contributed by atoms with Gasteiger partial charge in [-0.15, -0.1) is 6.04 Å². The van der Waals surface area contributed by atoms with Crippen LogP contribution in [0.25, 0.3) is 5.32 Å². The van der Waals surface area contributed by atoms with Crippen molar-refractivity contribution in [2.45, 2.75) is 18.9 Å². The second-order valence-electron chi connectivity index (χ2n) is 3.20. The number of fused-ring (bicyclic) bond motifs is 1. The standard InChI is InChI=1S/C10H12NO.CH3.Y/c1-11-10-5-2-7-6-8(12)3-4-9(7)10;;/h3-4,6,10,12H,2,5H2,1H3;1H3;/q2*-1;. The summed E-state index contributed by atoms with van der Waals surface area (Å²) in [6, 6.07) is 5.93. The molecule has 1 aromatic rings. The molecule has 0 bridgehead atoms. The topological polar surface area (TPSA) is 34.3 Å². The van der Waals surface area contributed by atoms with Crippen molar-refractivity contribution < 1.29 is 37.8 Å². The minimum absolute atomic E-state index is 0. The van der Waals surface area contributed by atoms with Crippen LogP contribution in [0.15, 0.2) is 18.2 Å². The second-order valence-corrected chi connectivity index (χ2v) is 3.20. The minimum Gasteiger partial charge on any atom is -0.658 e. The summed E-state index contributed by atoms with van der Waals surface area (Å²) in [5.41, 5.74) is 2.54. The van der Waals surface area contributed by atoms with Crippen molar-refractivity contribution in [3.05, 3.63) is 42.1 Å². The van der Waals surface area contributed by atoms with E-state index in [0.29, 0.717) is 11.8 Å². The first-order chi connectivity index (χ1) is 5.81. The van der Waals surface area contributed by atoms with E-state index in [1.165, 1.54) is 11.1 Å². The summed E-state index contributed by atoms with van der Waals surface area (Å²) in [7, 11) is 1.85. The Kier molecular flexibility index (Phi) is 5.88. The van der Waals surface area contributed by atoms with Crippen LogP contribution < -0.4 is 0 Å². The molecule has 1 aromatic carbocycles. The third-order valence-corrected chi connectivity index (χ3v) is 2.48. The molecule has 0 aromatic heterocycles. The van der Waals surface area contributed by atoms with Crippen molar-refractivity contribution in [3.8, 4) is 5.75 Å². The Labute approximate surface area is 111 Å². The normalized spacial score (nSPS) is 17.9. The molecule has 0 fully saturated rings. The zero-order valence-corrected chi connectivity index (χ0v) is 11.5. The van der Waals surface area contributed by atoms with Crippen LogP contribution in [0, 0.1) is 7.43 Å². The van der Waals surface area contributed by atoms with Gasteiger partial charge < -0.3 is 17.8 Å². The van der Waals surface area contributed by atoms with E-state index in [4.69, 9.17) is 0 Å². The number of phenols is 1. The summed E-state index contributed by atoms with van der Waals surface area (Å²) >= 11 is 0. The zero-order valence-electron chi connectivity index (χ0n) is 8.70. The Morgan fingerprint density at radius 2 is 2.14 bits per heavy atom. The van der Waals surface area contributed by atoms with Crippen LogP contribution in [0.2, 0.25) is 0 Å². The van der Waals surface area contributed by atoms with Crippen molar-refractivity contribution in [2.24, 2.45) is 0 Å².